The van der Waals surface area contributed by atoms with Gasteiger partial charge in [-0.15, -0.1) is 0 Å². The fraction of sp³-hybridized carbons (Fsp3) is 0.294. The van der Waals surface area contributed by atoms with E-state index in [1.807, 2.05) is 25.1 Å². The number of hydrogen-bond acceptors (Lipinski definition) is 1. The van der Waals surface area contributed by atoms with Gasteiger partial charge in [0.15, 0.2) is 0 Å². The first-order valence-electron chi connectivity index (χ1n) is 6.52. The Hall–Kier alpha value is -1.60. The Morgan fingerprint density at radius 3 is 2.00 bits per heavy atom. The molecule has 2 unspecified atom stereocenters. The van der Waals surface area contributed by atoms with Gasteiger partial charge in [0.05, 0.1) is 6.10 Å². The summed E-state index contributed by atoms with van der Waals surface area (Å²) in [5, 5.41) is 10.3. The third kappa shape index (κ3) is 2.80. The first-order chi connectivity index (χ1) is 8.72. The molecule has 0 heterocycles. The minimum absolute atomic E-state index is 0.0665. The van der Waals surface area contributed by atoms with Crippen LogP contribution in [0.15, 0.2) is 54.6 Å². The Bertz CT molecular complexity index is 473. The van der Waals surface area contributed by atoms with Crippen LogP contribution in [0.2, 0.25) is 0 Å². The van der Waals surface area contributed by atoms with E-state index >= 15 is 0 Å². The van der Waals surface area contributed by atoms with E-state index in [0.29, 0.717) is 0 Å². The molecule has 0 bridgehead atoms. The highest BCUT2D eigenvalue weighted by Crippen LogP contribution is 2.29. The summed E-state index contributed by atoms with van der Waals surface area (Å²) in [4.78, 5) is 0. The van der Waals surface area contributed by atoms with Crippen LogP contribution in [0, 0.1) is 6.92 Å². The van der Waals surface area contributed by atoms with E-state index in [-0.39, 0.29) is 12.0 Å². The minimum atomic E-state index is -0.338. The molecule has 0 spiro atoms. The van der Waals surface area contributed by atoms with Gasteiger partial charge < -0.3 is 5.11 Å². The molecule has 2 aromatic carbocycles. The van der Waals surface area contributed by atoms with Gasteiger partial charge in [0.2, 0.25) is 0 Å². The molecule has 1 N–H and O–H groups in total. The van der Waals surface area contributed by atoms with Crippen molar-refractivity contribution in [1.29, 1.82) is 0 Å². The highest BCUT2D eigenvalue weighted by molar-refractivity contribution is 5.35. The summed E-state index contributed by atoms with van der Waals surface area (Å²) in [6, 6.07) is 18.7. The maximum absolute atomic E-state index is 10.3. The molecular formula is C17H20O. The Kier molecular flexibility index (Phi) is 4.16. The molecule has 1 heteroatoms. The van der Waals surface area contributed by atoms with Gasteiger partial charge in [0.1, 0.15) is 0 Å². The summed E-state index contributed by atoms with van der Waals surface area (Å²) in [6.07, 6.45) is 0.420. The van der Waals surface area contributed by atoms with Crippen molar-refractivity contribution in [3.8, 4) is 0 Å². The van der Waals surface area contributed by atoms with Crippen LogP contribution in [0.3, 0.4) is 0 Å². The largest absolute Gasteiger partial charge is 0.392 e. The van der Waals surface area contributed by atoms with Gasteiger partial charge in [-0.1, -0.05) is 67.1 Å². The third-order valence-corrected chi connectivity index (χ3v) is 3.40. The molecule has 0 aliphatic carbocycles. The second-order valence-electron chi connectivity index (χ2n) is 4.77. The maximum Gasteiger partial charge on any atom is 0.0646 e. The van der Waals surface area contributed by atoms with Crippen LogP contribution in [0.1, 0.15) is 36.0 Å². The number of aliphatic hydroxyl groups is 1. The first kappa shape index (κ1) is 12.8. The lowest BCUT2D eigenvalue weighted by atomic mass is 9.85. The molecule has 0 saturated heterocycles. The monoisotopic (exact) mass is 240 g/mol. The van der Waals surface area contributed by atoms with Gasteiger partial charge in [0.25, 0.3) is 0 Å². The summed E-state index contributed by atoms with van der Waals surface area (Å²) in [5.41, 5.74) is 3.61. The van der Waals surface area contributed by atoms with Crippen LogP contribution in [0.5, 0.6) is 0 Å². The SMILES string of the molecule is CCC(O)C(c1ccccc1)c1ccc(C)cc1. The molecule has 0 fully saturated rings. The Balaban J connectivity index is 2.40. The smallest absolute Gasteiger partial charge is 0.0646 e. The van der Waals surface area contributed by atoms with Gasteiger partial charge >= 0.3 is 0 Å². The summed E-state index contributed by atoms with van der Waals surface area (Å²) < 4.78 is 0. The van der Waals surface area contributed by atoms with Crippen LogP contribution in [-0.4, -0.2) is 11.2 Å². The molecule has 18 heavy (non-hydrogen) atoms. The highest BCUT2D eigenvalue weighted by Gasteiger charge is 2.21. The lowest BCUT2D eigenvalue weighted by Crippen LogP contribution is -2.18. The molecule has 0 radical (unpaired) electrons. The van der Waals surface area contributed by atoms with Crippen molar-refractivity contribution >= 4 is 0 Å². The molecule has 0 saturated carbocycles. The van der Waals surface area contributed by atoms with Crippen LogP contribution < -0.4 is 0 Å². The molecule has 0 amide bonds. The average Bonchev–Trinajstić information content (AvgIpc) is 2.42. The molecule has 1 nitrogen and oxygen atoms in total. The number of aryl methyl sites for hydroxylation is 1. The summed E-state index contributed by atoms with van der Waals surface area (Å²) in [5.74, 6) is 0.0665. The van der Waals surface area contributed by atoms with Gasteiger partial charge in [0, 0.05) is 5.92 Å². The van der Waals surface area contributed by atoms with E-state index in [1.165, 1.54) is 16.7 Å². The van der Waals surface area contributed by atoms with Crippen LogP contribution >= 0.6 is 0 Å². The lowest BCUT2D eigenvalue weighted by Gasteiger charge is -2.23. The van der Waals surface area contributed by atoms with Gasteiger partial charge in [-0.2, -0.15) is 0 Å². The van der Waals surface area contributed by atoms with Crippen molar-refractivity contribution in [3.63, 3.8) is 0 Å². The van der Waals surface area contributed by atoms with Gasteiger partial charge in [-0.25, -0.2) is 0 Å². The van der Waals surface area contributed by atoms with Crippen molar-refractivity contribution in [1.82, 2.24) is 0 Å². The highest BCUT2D eigenvalue weighted by atomic mass is 16.3. The molecule has 2 atom stereocenters. The fourth-order valence-corrected chi connectivity index (χ4v) is 2.31. The average molecular weight is 240 g/mol. The van der Waals surface area contributed by atoms with Gasteiger partial charge in [-0.3, -0.25) is 0 Å². The van der Waals surface area contributed by atoms with E-state index in [1.54, 1.807) is 0 Å². The topological polar surface area (TPSA) is 20.2 Å². The zero-order valence-electron chi connectivity index (χ0n) is 11.0. The normalized spacial score (nSPS) is 14.2. The molecule has 2 rings (SSSR count). The van der Waals surface area contributed by atoms with Crippen molar-refractivity contribution in [3.05, 3.63) is 71.3 Å². The predicted octanol–water partition coefficient (Wildman–Crippen LogP) is 3.90. The lowest BCUT2D eigenvalue weighted by molar-refractivity contribution is 0.152. The molecule has 94 valence electrons. The summed E-state index contributed by atoms with van der Waals surface area (Å²) >= 11 is 0. The van der Waals surface area contributed by atoms with E-state index in [4.69, 9.17) is 0 Å². The molecule has 0 aliphatic heterocycles. The summed E-state index contributed by atoms with van der Waals surface area (Å²) in [6.45, 7) is 4.10. The van der Waals surface area contributed by atoms with Crippen LogP contribution in [0.4, 0.5) is 0 Å². The first-order valence-corrected chi connectivity index (χ1v) is 6.52. The maximum atomic E-state index is 10.3. The molecule has 2 aromatic rings. The molecule has 0 aliphatic rings. The number of hydrogen-bond donors (Lipinski definition) is 1. The molecular weight excluding hydrogens is 220 g/mol. The third-order valence-electron chi connectivity index (χ3n) is 3.40. The second kappa shape index (κ2) is 5.83. The molecule has 0 aromatic heterocycles. The second-order valence-corrected chi connectivity index (χ2v) is 4.77. The standard InChI is InChI=1S/C17H20O/c1-3-16(18)17(14-7-5-4-6-8-14)15-11-9-13(2)10-12-15/h4-12,16-18H,3H2,1-2H3. The van der Waals surface area contributed by atoms with Crippen molar-refractivity contribution in [2.24, 2.45) is 0 Å². The van der Waals surface area contributed by atoms with Crippen molar-refractivity contribution in [2.45, 2.75) is 32.3 Å². The predicted molar refractivity (Wildman–Crippen MR) is 75.8 cm³/mol. The number of rotatable bonds is 4. The van der Waals surface area contributed by atoms with Crippen LogP contribution in [0.25, 0.3) is 0 Å². The van der Waals surface area contributed by atoms with Gasteiger partial charge in [-0.05, 0) is 24.5 Å². The minimum Gasteiger partial charge on any atom is -0.392 e. The van der Waals surface area contributed by atoms with E-state index < -0.39 is 0 Å². The quantitative estimate of drug-likeness (QED) is 0.859. The van der Waals surface area contributed by atoms with Crippen molar-refractivity contribution < 1.29 is 5.11 Å². The van der Waals surface area contributed by atoms with Crippen LogP contribution in [-0.2, 0) is 0 Å². The Morgan fingerprint density at radius 1 is 0.889 bits per heavy atom. The van der Waals surface area contributed by atoms with Crippen molar-refractivity contribution in [2.75, 3.05) is 0 Å². The van der Waals surface area contributed by atoms with E-state index in [0.717, 1.165) is 6.42 Å². The Labute approximate surface area is 109 Å². The fourth-order valence-electron chi connectivity index (χ4n) is 2.31. The zero-order chi connectivity index (χ0) is 13.0. The Morgan fingerprint density at radius 2 is 1.44 bits per heavy atom. The number of aliphatic hydroxyl groups excluding tert-OH is 1. The number of benzene rings is 2. The zero-order valence-corrected chi connectivity index (χ0v) is 11.0. The van der Waals surface area contributed by atoms with E-state index in [2.05, 4.69) is 43.3 Å². The summed E-state index contributed by atoms with van der Waals surface area (Å²) in [7, 11) is 0. The van der Waals surface area contributed by atoms with E-state index in [9.17, 15) is 5.11 Å².